The van der Waals surface area contributed by atoms with Crippen molar-refractivity contribution in [3.63, 3.8) is 0 Å². The third kappa shape index (κ3) is 3.59. The van der Waals surface area contributed by atoms with Crippen LogP contribution in [0.2, 0.25) is 0 Å². The molecule has 0 saturated carbocycles. The number of hydrogen-bond acceptors (Lipinski definition) is 4. The maximum absolute atomic E-state index is 13.6. The van der Waals surface area contributed by atoms with Crippen molar-refractivity contribution < 1.29 is 26.4 Å². The first-order valence-corrected chi connectivity index (χ1v) is 9.62. The van der Waals surface area contributed by atoms with Gasteiger partial charge in [0.05, 0.1) is 29.0 Å². The number of aryl methyl sites for hydroxylation is 1. The summed E-state index contributed by atoms with van der Waals surface area (Å²) in [4.78, 5) is 13.7. The Balaban J connectivity index is 2.00. The molecular formula is C16H16F3N3O3S. The summed E-state index contributed by atoms with van der Waals surface area (Å²) in [6, 6.07) is 6.26. The number of nitrogens with zero attached hydrogens (tertiary/aromatic N) is 3. The number of sulfone groups is 1. The molecule has 1 saturated heterocycles. The molecule has 1 aliphatic rings. The van der Waals surface area contributed by atoms with E-state index >= 15 is 0 Å². The number of amides is 1. The first kappa shape index (κ1) is 18.4. The van der Waals surface area contributed by atoms with Crippen molar-refractivity contribution in [2.75, 3.05) is 24.6 Å². The number of alkyl halides is 3. The van der Waals surface area contributed by atoms with Gasteiger partial charge in [0.25, 0.3) is 5.91 Å². The van der Waals surface area contributed by atoms with Crippen LogP contribution < -0.4 is 0 Å². The van der Waals surface area contributed by atoms with Gasteiger partial charge in [-0.3, -0.25) is 4.79 Å². The third-order valence-electron chi connectivity index (χ3n) is 4.18. The van der Waals surface area contributed by atoms with E-state index in [-0.39, 0.29) is 30.3 Å². The number of hydrogen-bond donors (Lipinski definition) is 0. The number of rotatable bonds is 2. The molecule has 140 valence electrons. The van der Waals surface area contributed by atoms with E-state index in [0.717, 1.165) is 16.7 Å². The molecule has 0 N–H and O–H groups in total. The fourth-order valence-electron chi connectivity index (χ4n) is 2.75. The van der Waals surface area contributed by atoms with E-state index in [2.05, 4.69) is 5.10 Å². The molecule has 2 heterocycles. The Morgan fingerprint density at radius 3 is 2.23 bits per heavy atom. The SMILES string of the molecule is Cc1ccc(-n2ncc(C(=O)N3CCS(=O)(=O)CC3)c2C(F)(F)F)cc1. The van der Waals surface area contributed by atoms with Gasteiger partial charge in [-0.25, -0.2) is 13.1 Å². The van der Waals surface area contributed by atoms with Crippen LogP contribution in [0.1, 0.15) is 21.6 Å². The van der Waals surface area contributed by atoms with Crippen LogP contribution in [0.25, 0.3) is 5.69 Å². The molecule has 0 unspecified atom stereocenters. The average molecular weight is 387 g/mol. The monoisotopic (exact) mass is 387 g/mol. The first-order chi connectivity index (χ1) is 12.1. The molecule has 26 heavy (non-hydrogen) atoms. The lowest BCUT2D eigenvalue weighted by Crippen LogP contribution is -2.44. The number of aromatic nitrogens is 2. The molecule has 2 aromatic rings. The van der Waals surface area contributed by atoms with Crippen LogP contribution >= 0.6 is 0 Å². The van der Waals surface area contributed by atoms with Crippen LogP contribution in [-0.4, -0.2) is 53.6 Å². The summed E-state index contributed by atoms with van der Waals surface area (Å²) in [5.74, 6) is -1.39. The lowest BCUT2D eigenvalue weighted by molar-refractivity contribution is -0.143. The summed E-state index contributed by atoms with van der Waals surface area (Å²) in [5, 5.41) is 3.76. The van der Waals surface area contributed by atoms with Gasteiger partial charge in [-0.2, -0.15) is 18.3 Å². The third-order valence-corrected chi connectivity index (χ3v) is 5.79. The van der Waals surface area contributed by atoms with Crippen molar-refractivity contribution in [3.05, 3.63) is 47.3 Å². The fraction of sp³-hybridized carbons (Fsp3) is 0.375. The van der Waals surface area contributed by atoms with Crippen molar-refractivity contribution in [1.29, 1.82) is 0 Å². The molecule has 1 aromatic heterocycles. The summed E-state index contributed by atoms with van der Waals surface area (Å²) >= 11 is 0. The minimum absolute atomic E-state index is 0.131. The Morgan fingerprint density at radius 1 is 1.12 bits per heavy atom. The minimum Gasteiger partial charge on any atom is -0.336 e. The zero-order valence-electron chi connectivity index (χ0n) is 13.8. The lowest BCUT2D eigenvalue weighted by atomic mass is 10.2. The highest BCUT2D eigenvalue weighted by molar-refractivity contribution is 7.91. The van der Waals surface area contributed by atoms with Gasteiger partial charge in [0.1, 0.15) is 0 Å². The Morgan fingerprint density at radius 2 is 1.69 bits per heavy atom. The highest BCUT2D eigenvalue weighted by Gasteiger charge is 2.42. The van der Waals surface area contributed by atoms with Crippen molar-refractivity contribution >= 4 is 15.7 Å². The van der Waals surface area contributed by atoms with E-state index in [1.54, 1.807) is 19.1 Å². The topological polar surface area (TPSA) is 72.3 Å². The van der Waals surface area contributed by atoms with Crippen LogP contribution in [0, 0.1) is 6.92 Å². The quantitative estimate of drug-likeness (QED) is 0.791. The molecule has 0 aliphatic carbocycles. The molecule has 1 amide bonds. The molecule has 6 nitrogen and oxygen atoms in total. The van der Waals surface area contributed by atoms with Crippen molar-refractivity contribution in [2.45, 2.75) is 13.1 Å². The van der Waals surface area contributed by atoms with Crippen LogP contribution in [-0.2, 0) is 16.0 Å². The van der Waals surface area contributed by atoms with Gasteiger partial charge in [-0.05, 0) is 19.1 Å². The van der Waals surface area contributed by atoms with E-state index in [0.29, 0.717) is 4.68 Å². The highest BCUT2D eigenvalue weighted by atomic mass is 32.2. The predicted octanol–water partition coefficient (Wildman–Crippen LogP) is 2.07. The van der Waals surface area contributed by atoms with Gasteiger partial charge in [0.15, 0.2) is 15.5 Å². The average Bonchev–Trinajstić information content (AvgIpc) is 3.00. The number of carbonyl (C=O) groups is 1. The second kappa shape index (κ2) is 6.42. The molecule has 0 spiro atoms. The molecule has 1 fully saturated rings. The zero-order valence-corrected chi connectivity index (χ0v) is 14.6. The van der Waals surface area contributed by atoms with Gasteiger partial charge in [-0.15, -0.1) is 0 Å². The summed E-state index contributed by atoms with van der Waals surface area (Å²) < 4.78 is 64.5. The molecule has 0 radical (unpaired) electrons. The molecule has 0 bridgehead atoms. The maximum atomic E-state index is 13.6. The Kier molecular flexibility index (Phi) is 4.55. The molecule has 1 aliphatic heterocycles. The van der Waals surface area contributed by atoms with Crippen LogP contribution in [0.15, 0.2) is 30.5 Å². The Hall–Kier alpha value is -2.36. The summed E-state index contributed by atoms with van der Waals surface area (Å²) in [6.45, 7) is 1.54. The minimum atomic E-state index is -4.80. The fourth-order valence-corrected chi connectivity index (χ4v) is 3.95. The van der Waals surface area contributed by atoms with E-state index in [1.165, 1.54) is 12.1 Å². The number of halogens is 3. The largest absolute Gasteiger partial charge is 0.434 e. The smallest absolute Gasteiger partial charge is 0.336 e. The van der Waals surface area contributed by atoms with Crippen molar-refractivity contribution in [3.8, 4) is 5.69 Å². The Labute approximate surface area is 148 Å². The van der Waals surface area contributed by atoms with Crippen molar-refractivity contribution in [1.82, 2.24) is 14.7 Å². The van der Waals surface area contributed by atoms with Gasteiger partial charge in [0.2, 0.25) is 0 Å². The summed E-state index contributed by atoms with van der Waals surface area (Å²) in [7, 11) is -3.25. The van der Waals surface area contributed by atoms with Crippen LogP contribution in [0.3, 0.4) is 0 Å². The van der Waals surface area contributed by atoms with Gasteiger partial charge in [-0.1, -0.05) is 17.7 Å². The molecular weight excluding hydrogens is 371 g/mol. The predicted molar refractivity (Wildman–Crippen MR) is 87.9 cm³/mol. The maximum Gasteiger partial charge on any atom is 0.434 e. The van der Waals surface area contributed by atoms with Gasteiger partial charge in [0, 0.05) is 13.1 Å². The lowest BCUT2D eigenvalue weighted by Gasteiger charge is -2.26. The molecule has 0 atom stereocenters. The van der Waals surface area contributed by atoms with Crippen molar-refractivity contribution in [2.24, 2.45) is 0 Å². The number of benzene rings is 1. The van der Waals surface area contributed by atoms with E-state index in [1.807, 2.05) is 0 Å². The standard InChI is InChI=1S/C16H16F3N3O3S/c1-11-2-4-12(5-3-11)22-14(16(17,18)19)13(10-20-22)15(23)21-6-8-26(24,25)9-7-21/h2-5,10H,6-9H2,1H3. The van der Waals surface area contributed by atoms with E-state index in [9.17, 15) is 26.4 Å². The normalized spacial score (nSPS) is 17.3. The number of carbonyl (C=O) groups excluding carboxylic acids is 1. The second-order valence-corrected chi connectivity index (χ2v) is 8.40. The zero-order chi connectivity index (χ0) is 19.1. The van der Waals surface area contributed by atoms with Crippen LogP contribution in [0.4, 0.5) is 13.2 Å². The van der Waals surface area contributed by atoms with E-state index in [4.69, 9.17) is 0 Å². The first-order valence-electron chi connectivity index (χ1n) is 7.80. The van der Waals surface area contributed by atoms with Gasteiger partial charge < -0.3 is 4.90 Å². The summed E-state index contributed by atoms with van der Waals surface area (Å²) in [5.41, 5.74) is -0.694. The molecule has 3 rings (SSSR count). The Bertz CT molecular complexity index is 920. The molecule has 10 heteroatoms. The van der Waals surface area contributed by atoms with E-state index < -0.39 is 33.2 Å². The van der Waals surface area contributed by atoms with Gasteiger partial charge >= 0.3 is 6.18 Å². The second-order valence-electron chi connectivity index (χ2n) is 6.10. The molecule has 1 aromatic carbocycles. The van der Waals surface area contributed by atoms with Crippen LogP contribution in [0.5, 0.6) is 0 Å². The highest BCUT2D eigenvalue weighted by Crippen LogP contribution is 2.34. The summed E-state index contributed by atoms with van der Waals surface area (Å²) in [6.07, 6.45) is -3.91.